The molecule has 0 bridgehead atoms. The summed E-state index contributed by atoms with van der Waals surface area (Å²) in [5.41, 5.74) is 0.641. The first-order valence-electron chi connectivity index (χ1n) is 5.78. The summed E-state index contributed by atoms with van der Waals surface area (Å²) < 4.78 is 10.5. The molecule has 0 aromatic rings. The fraction of sp³-hybridized carbons (Fsp3) is 0.357. The Balaban J connectivity index is 1.97. The molecule has 0 radical (unpaired) electrons. The van der Waals surface area contributed by atoms with Crippen LogP contribution in [0.5, 0.6) is 0 Å². The van der Waals surface area contributed by atoms with Crippen molar-refractivity contribution in [3.05, 3.63) is 47.8 Å². The van der Waals surface area contributed by atoms with Crippen molar-refractivity contribution in [2.45, 2.75) is 25.4 Å². The van der Waals surface area contributed by atoms with Crippen LogP contribution >= 0.6 is 0 Å². The van der Waals surface area contributed by atoms with E-state index >= 15 is 0 Å². The second-order valence-corrected chi connectivity index (χ2v) is 3.98. The number of allylic oxidation sites excluding steroid dienone is 3. The van der Waals surface area contributed by atoms with Gasteiger partial charge in [-0.2, -0.15) is 0 Å². The molecule has 1 atom stereocenters. The van der Waals surface area contributed by atoms with E-state index in [1.807, 2.05) is 36.5 Å². The molecule has 3 heteroatoms. The van der Waals surface area contributed by atoms with Gasteiger partial charge in [0, 0.05) is 6.42 Å². The molecular weight excluding hydrogens is 216 g/mol. The van der Waals surface area contributed by atoms with Crippen molar-refractivity contribution >= 4 is 5.97 Å². The Kier molecular flexibility index (Phi) is 3.81. The monoisotopic (exact) mass is 232 g/mol. The fourth-order valence-electron chi connectivity index (χ4n) is 1.81. The van der Waals surface area contributed by atoms with Gasteiger partial charge in [0.2, 0.25) is 0 Å². The second-order valence-electron chi connectivity index (χ2n) is 3.98. The van der Waals surface area contributed by atoms with Crippen molar-refractivity contribution in [1.82, 2.24) is 0 Å². The standard InChI is InChI=1S/C14H16O3/c1-16-12-8-5-9-13(10-12)17-14(15)11-6-3-2-4-7-11/h3,5-7,9-10,13H,2,4,8H2,1H3. The zero-order valence-corrected chi connectivity index (χ0v) is 9.89. The Morgan fingerprint density at radius 1 is 1.35 bits per heavy atom. The summed E-state index contributed by atoms with van der Waals surface area (Å²) in [5.74, 6) is 0.558. The van der Waals surface area contributed by atoms with Crippen molar-refractivity contribution in [2.75, 3.05) is 7.11 Å². The highest BCUT2D eigenvalue weighted by molar-refractivity contribution is 5.92. The number of carbonyl (C=O) groups excluding carboxylic acids is 1. The lowest BCUT2D eigenvalue weighted by atomic mass is 10.1. The zero-order valence-electron chi connectivity index (χ0n) is 9.89. The van der Waals surface area contributed by atoms with E-state index < -0.39 is 0 Å². The minimum Gasteiger partial charge on any atom is -0.501 e. The van der Waals surface area contributed by atoms with Gasteiger partial charge in [-0.1, -0.05) is 24.3 Å². The predicted molar refractivity (Wildman–Crippen MR) is 65.2 cm³/mol. The molecule has 0 saturated heterocycles. The highest BCUT2D eigenvalue weighted by atomic mass is 16.5. The zero-order chi connectivity index (χ0) is 12.1. The molecule has 3 nitrogen and oxygen atoms in total. The fourth-order valence-corrected chi connectivity index (χ4v) is 1.81. The molecule has 2 rings (SSSR count). The van der Waals surface area contributed by atoms with Gasteiger partial charge in [0.15, 0.2) is 0 Å². The lowest BCUT2D eigenvalue weighted by Crippen LogP contribution is -2.18. The van der Waals surface area contributed by atoms with Crippen LogP contribution in [-0.4, -0.2) is 19.2 Å². The second kappa shape index (κ2) is 5.53. The number of rotatable bonds is 3. The van der Waals surface area contributed by atoms with Crippen LogP contribution in [-0.2, 0) is 14.3 Å². The Morgan fingerprint density at radius 2 is 2.24 bits per heavy atom. The summed E-state index contributed by atoms with van der Waals surface area (Å²) in [6, 6.07) is 0. The van der Waals surface area contributed by atoms with Gasteiger partial charge >= 0.3 is 5.97 Å². The number of carbonyl (C=O) groups is 1. The highest BCUT2D eigenvalue weighted by Gasteiger charge is 2.16. The van der Waals surface area contributed by atoms with Crippen LogP contribution in [0, 0.1) is 0 Å². The molecule has 0 aliphatic heterocycles. The average Bonchev–Trinajstić information content (AvgIpc) is 2.40. The van der Waals surface area contributed by atoms with Gasteiger partial charge in [-0.15, -0.1) is 0 Å². The van der Waals surface area contributed by atoms with Gasteiger partial charge in [0.05, 0.1) is 18.4 Å². The summed E-state index contributed by atoms with van der Waals surface area (Å²) in [6.45, 7) is 0. The summed E-state index contributed by atoms with van der Waals surface area (Å²) >= 11 is 0. The van der Waals surface area contributed by atoms with E-state index in [9.17, 15) is 4.79 Å². The van der Waals surface area contributed by atoms with Crippen molar-refractivity contribution in [1.29, 1.82) is 0 Å². The highest BCUT2D eigenvalue weighted by Crippen LogP contribution is 2.17. The molecule has 0 heterocycles. The Bertz CT molecular complexity index is 413. The van der Waals surface area contributed by atoms with E-state index in [-0.39, 0.29) is 12.1 Å². The molecular formula is C14H16O3. The first-order valence-corrected chi connectivity index (χ1v) is 5.78. The molecule has 0 spiro atoms. The molecule has 0 aromatic carbocycles. The normalized spacial score (nSPS) is 22.8. The average molecular weight is 232 g/mol. The maximum Gasteiger partial charge on any atom is 0.338 e. The number of hydrogen-bond acceptors (Lipinski definition) is 3. The third-order valence-corrected chi connectivity index (χ3v) is 2.73. The van der Waals surface area contributed by atoms with Gasteiger partial charge in [-0.25, -0.2) is 4.79 Å². The summed E-state index contributed by atoms with van der Waals surface area (Å²) in [4.78, 5) is 11.8. The minimum atomic E-state index is -0.317. The van der Waals surface area contributed by atoms with Gasteiger partial charge < -0.3 is 9.47 Å². The molecule has 90 valence electrons. The molecule has 1 unspecified atom stereocenters. The third-order valence-electron chi connectivity index (χ3n) is 2.73. The quantitative estimate of drug-likeness (QED) is 0.554. The summed E-state index contributed by atoms with van der Waals surface area (Å²) in [6.07, 6.45) is 13.7. The van der Waals surface area contributed by atoms with Gasteiger partial charge in [0.25, 0.3) is 0 Å². The van der Waals surface area contributed by atoms with Crippen molar-refractivity contribution < 1.29 is 14.3 Å². The van der Waals surface area contributed by atoms with Crippen molar-refractivity contribution in [2.24, 2.45) is 0 Å². The minimum absolute atomic E-state index is 0.274. The van der Waals surface area contributed by atoms with Crippen molar-refractivity contribution in [3.63, 3.8) is 0 Å². The largest absolute Gasteiger partial charge is 0.501 e. The summed E-state index contributed by atoms with van der Waals surface area (Å²) in [7, 11) is 1.62. The first-order chi connectivity index (χ1) is 8.29. The maximum atomic E-state index is 11.8. The topological polar surface area (TPSA) is 35.5 Å². The van der Waals surface area contributed by atoms with Crippen LogP contribution in [0.3, 0.4) is 0 Å². The molecule has 0 fully saturated rings. The Labute approximate surface area is 101 Å². The lowest BCUT2D eigenvalue weighted by molar-refractivity contribution is -0.140. The van der Waals surface area contributed by atoms with E-state index in [1.165, 1.54) is 0 Å². The number of esters is 1. The van der Waals surface area contributed by atoms with Crippen LogP contribution in [0.4, 0.5) is 0 Å². The summed E-state index contributed by atoms with van der Waals surface area (Å²) in [5, 5.41) is 0. The van der Waals surface area contributed by atoms with Gasteiger partial charge in [-0.05, 0) is 25.0 Å². The molecule has 0 amide bonds. The SMILES string of the molecule is COC1=CC(OC(=O)C2=CCCC=C2)C=CC1. The number of hydrogen-bond donors (Lipinski definition) is 0. The molecule has 0 saturated carbocycles. The van der Waals surface area contributed by atoms with E-state index in [1.54, 1.807) is 7.11 Å². The van der Waals surface area contributed by atoms with E-state index in [0.717, 1.165) is 25.0 Å². The third kappa shape index (κ3) is 3.09. The van der Waals surface area contributed by atoms with E-state index in [2.05, 4.69) is 0 Å². The van der Waals surface area contributed by atoms with Crippen molar-refractivity contribution in [3.8, 4) is 0 Å². The molecule has 0 N–H and O–H groups in total. The smallest absolute Gasteiger partial charge is 0.338 e. The first kappa shape index (κ1) is 11.7. The van der Waals surface area contributed by atoms with E-state index in [0.29, 0.717) is 5.57 Å². The van der Waals surface area contributed by atoms with Crippen LogP contribution in [0.15, 0.2) is 47.8 Å². The number of methoxy groups -OCH3 is 1. The Morgan fingerprint density at radius 3 is 2.94 bits per heavy atom. The van der Waals surface area contributed by atoms with Crippen LogP contribution in [0.2, 0.25) is 0 Å². The molecule has 2 aliphatic carbocycles. The molecule has 17 heavy (non-hydrogen) atoms. The molecule has 0 aromatic heterocycles. The van der Waals surface area contributed by atoms with Gasteiger partial charge in [-0.3, -0.25) is 0 Å². The van der Waals surface area contributed by atoms with Crippen LogP contribution in [0.1, 0.15) is 19.3 Å². The van der Waals surface area contributed by atoms with Gasteiger partial charge in [0.1, 0.15) is 6.10 Å². The maximum absolute atomic E-state index is 11.8. The molecule has 2 aliphatic rings. The Hall–Kier alpha value is -1.77. The predicted octanol–water partition coefficient (Wildman–Crippen LogP) is 2.66. The lowest BCUT2D eigenvalue weighted by Gasteiger charge is -2.16. The van der Waals surface area contributed by atoms with Crippen LogP contribution < -0.4 is 0 Å². The van der Waals surface area contributed by atoms with E-state index in [4.69, 9.17) is 9.47 Å². The van der Waals surface area contributed by atoms with Crippen LogP contribution in [0.25, 0.3) is 0 Å². The number of ether oxygens (including phenoxy) is 2.